The Kier molecular flexibility index (Phi) is 4.86. The van der Waals surface area contributed by atoms with Gasteiger partial charge in [0.25, 0.3) is 0 Å². The van der Waals surface area contributed by atoms with E-state index in [0.29, 0.717) is 17.4 Å². The normalized spacial score (nSPS) is 17.1. The van der Waals surface area contributed by atoms with E-state index < -0.39 is 0 Å². The van der Waals surface area contributed by atoms with Gasteiger partial charge in [-0.05, 0) is 46.7 Å². The molecule has 17 heavy (non-hydrogen) atoms. The first-order valence-electron chi connectivity index (χ1n) is 6.15. The third-order valence-corrected chi connectivity index (χ3v) is 4.60. The fraction of sp³-hybridized carbons (Fsp3) is 0.500. The summed E-state index contributed by atoms with van der Waals surface area (Å²) < 4.78 is 1.01. The minimum absolute atomic E-state index is 0.254. The van der Waals surface area contributed by atoms with Gasteiger partial charge in [-0.15, -0.1) is 0 Å². The highest BCUT2D eigenvalue weighted by Crippen LogP contribution is 2.28. The number of halogens is 2. The summed E-state index contributed by atoms with van der Waals surface area (Å²) in [7, 11) is 0. The minimum atomic E-state index is 0.254. The molecule has 0 heterocycles. The summed E-state index contributed by atoms with van der Waals surface area (Å²) in [6, 6.07) is 5.55. The average Bonchev–Trinajstić information content (AvgIpc) is 2.33. The first-order valence-corrected chi connectivity index (χ1v) is 7.61. The molecule has 0 atom stereocenters. The molecular formula is C14H16ClIO. The molecule has 0 saturated heterocycles. The van der Waals surface area contributed by atoms with Crippen molar-refractivity contribution in [1.29, 1.82) is 0 Å². The Labute approximate surface area is 121 Å². The molecule has 1 nitrogen and oxygen atoms in total. The maximum atomic E-state index is 12.2. The smallest absolute Gasteiger partial charge is 0.164 e. The van der Waals surface area contributed by atoms with Gasteiger partial charge in [-0.1, -0.05) is 43.7 Å². The van der Waals surface area contributed by atoms with Crippen LogP contribution in [0.4, 0.5) is 0 Å². The van der Waals surface area contributed by atoms with Crippen LogP contribution in [0, 0.1) is 9.49 Å². The zero-order valence-electron chi connectivity index (χ0n) is 9.72. The van der Waals surface area contributed by atoms with Gasteiger partial charge < -0.3 is 0 Å². The largest absolute Gasteiger partial charge is 0.294 e. The van der Waals surface area contributed by atoms with Gasteiger partial charge in [0, 0.05) is 20.6 Å². The van der Waals surface area contributed by atoms with Crippen LogP contribution in [0.15, 0.2) is 18.2 Å². The van der Waals surface area contributed by atoms with E-state index >= 15 is 0 Å². The topological polar surface area (TPSA) is 17.1 Å². The maximum Gasteiger partial charge on any atom is 0.164 e. The lowest BCUT2D eigenvalue weighted by molar-refractivity contribution is 0.0949. The van der Waals surface area contributed by atoms with Crippen molar-refractivity contribution < 1.29 is 4.79 Å². The van der Waals surface area contributed by atoms with Crippen molar-refractivity contribution in [2.75, 3.05) is 0 Å². The molecule has 0 unspecified atom stereocenters. The number of carbonyl (C=O) groups is 1. The molecule has 3 heteroatoms. The third-order valence-electron chi connectivity index (χ3n) is 3.43. The summed E-state index contributed by atoms with van der Waals surface area (Å²) in [5.41, 5.74) is 0.795. The van der Waals surface area contributed by atoms with Gasteiger partial charge in [-0.3, -0.25) is 4.79 Å². The van der Waals surface area contributed by atoms with Gasteiger partial charge in [-0.2, -0.15) is 0 Å². The Morgan fingerprint density at radius 1 is 1.29 bits per heavy atom. The van der Waals surface area contributed by atoms with Crippen molar-refractivity contribution in [2.24, 2.45) is 5.92 Å². The van der Waals surface area contributed by atoms with Gasteiger partial charge in [0.1, 0.15) is 0 Å². The summed E-state index contributed by atoms with van der Waals surface area (Å²) in [6.07, 6.45) is 7.01. The molecule has 1 aliphatic rings. The lowest BCUT2D eigenvalue weighted by Crippen LogP contribution is -2.13. The zero-order chi connectivity index (χ0) is 12.3. The molecular weight excluding hydrogens is 347 g/mol. The van der Waals surface area contributed by atoms with E-state index in [1.165, 1.54) is 32.1 Å². The molecule has 0 spiro atoms. The number of carbonyl (C=O) groups excluding carboxylic acids is 1. The van der Waals surface area contributed by atoms with Crippen molar-refractivity contribution in [3.63, 3.8) is 0 Å². The van der Waals surface area contributed by atoms with E-state index in [1.807, 2.05) is 12.1 Å². The quantitative estimate of drug-likeness (QED) is 0.540. The highest BCUT2D eigenvalue weighted by atomic mass is 127. The predicted molar refractivity (Wildman–Crippen MR) is 79.7 cm³/mol. The van der Waals surface area contributed by atoms with Crippen molar-refractivity contribution in [3.8, 4) is 0 Å². The van der Waals surface area contributed by atoms with Gasteiger partial charge in [0.05, 0.1) is 0 Å². The van der Waals surface area contributed by atoms with E-state index in [2.05, 4.69) is 22.6 Å². The third kappa shape index (κ3) is 3.68. The van der Waals surface area contributed by atoms with Crippen molar-refractivity contribution >= 4 is 40.0 Å². The van der Waals surface area contributed by atoms with Crippen LogP contribution >= 0.6 is 34.2 Å². The number of Topliss-reactive ketones (excluding diaryl/α,β-unsaturated/α-hetero) is 1. The van der Waals surface area contributed by atoms with E-state index in [-0.39, 0.29) is 5.78 Å². The molecule has 0 aliphatic heterocycles. The van der Waals surface area contributed by atoms with Crippen LogP contribution in [0.2, 0.25) is 5.02 Å². The molecule has 1 aromatic rings. The molecule has 0 amide bonds. The Morgan fingerprint density at radius 2 is 2.00 bits per heavy atom. The molecule has 1 fully saturated rings. The number of benzene rings is 1. The van der Waals surface area contributed by atoms with Crippen LogP contribution in [0.25, 0.3) is 0 Å². The van der Waals surface area contributed by atoms with Gasteiger partial charge in [0.15, 0.2) is 5.78 Å². The molecule has 1 aliphatic carbocycles. The molecule has 1 aromatic carbocycles. The fourth-order valence-corrected chi connectivity index (χ4v) is 3.28. The Balaban J connectivity index is 2.05. The van der Waals surface area contributed by atoms with Crippen molar-refractivity contribution in [2.45, 2.75) is 38.5 Å². The Bertz CT molecular complexity index is 411. The van der Waals surface area contributed by atoms with Crippen LogP contribution in [0.3, 0.4) is 0 Å². The Hall–Kier alpha value is -0.0900. The molecule has 2 rings (SSSR count). The molecule has 0 aromatic heterocycles. The van der Waals surface area contributed by atoms with E-state index in [0.717, 1.165) is 9.13 Å². The molecule has 0 N–H and O–H groups in total. The van der Waals surface area contributed by atoms with Crippen LogP contribution in [0.1, 0.15) is 48.9 Å². The number of rotatable bonds is 3. The monoisotopic (exact) mass is 362 g/mol. The van der Waals surface area contributed by atoms with E-state index in [1.54, 1.807) is 6.07 Å². The SMILES string of the molecule is O=C(CC1CCCCC1)c1cc(Cl)ccc1I. The first kappa shape index (κ1) is 13.3. The van der Waals surface area contributed by atoms with Gasteiger partial charge in [0.2, 0.25) is 0 Å². The number of hydrogen-bond donors (Lipinski definition) is 0. The molecule has 0 radical (unpaired) electrons. The highest BCUT2D eigenvalue weighted by Gasteiger charge is 2.19. The summed E-state index contributed by atoms with van der Waals surface area (Å²) in [6.45, 7) is 0. The summed E-state index contributed by atoms with van der Waals surface area (Å²) in [4.78, 5) is 12.2. The highest BCUT2D eigenvalue weighted by molar-refractivity contribution is 14.1. The molecule has 92 valence electrons. The molecule has 0 bridgehead atoms. The summed E-state index contributed by atoms with van der Waals surface area (Å²) in [5, 5.41) is 0.650. The van der Waals surface area contributed by atoms with Gasteiger partial charge in [-0.25, -0.2) is 0 Å². The lowest BCUT2D eigenvalue weighted by Gasteiger charge is -2.20. The van der Waals surface area contributed by atoms with E-state index in [4.69, 9.17) is 11.6 Å². The van der Waals surface area contributed by atoms with Gasteiger partial charge >= 0.3 is 0 Å². The van der Waals surface area contributed by atoms with Crippen molar-refractivity contribution in [1.82, 2.24) is 0 Å². The number of hydrogen-bond acceptors (Lipinski definition) is 1. The lowest BCUT2D eigenvalue weighted by atomic mass is 9.85. The van der Waals surface area contributed by atoms with E-state index in [9.17, 15) is 4.79 Å². The van der Waals surface area contributed by atoms with Crippen LogP contribution in [0.5, 0.6) is 0 Å². The fourth-order valence-electron chi connectivity index (χ4n) is 2.47. The standard InChI is InChI=1S/C14H16ClIO/c15-11-6-7-13(16)12(9-11)14(17)8-10-4-2-1-3-5-10/h6-7,9-10H,1-5,8H2. The second-order valence-corrected chi connectivity index (χ2v) is 6.35. The summed E-state index contributed by atoms with van der Waals surface area (Å²) >= 11 is 8.16. The van der Waals surface area contributed by atoms with Crippen LogP contribution < -0.4 is 0 Å². The minimum Gasteiger partial charge on any atom is -0.294 e. The predicted octanol–water partition coefficient (Wildman–Crippen LogP) is 5.10. The van der Waals surface area contributed by atoms with Crippen LogP contribution in [-0.4, -0.2) is 5.78 Å². The number of ketones is 1. The Morgan fingerprint density at radius 3 is 2.71 bits per heavy atom. The zero-order valence-corrected chi connectivity index (χ0v) is 12.6. The van der Waals surface area contributed by atoms with Crippen molar-refractivity contribution in [3.05, 3.63) is 32.4 Å². The molecule has 1 saturated carbocycles. The maximum absolute atomic E-state index is 12.2. The first-order chi connectivity index (χ1) is 8.16. The average molecular weight is 363 g/mol. The second-order valence-electron chi connectivity index (χ2n) is 4.76. The summed E-state index contributed by atoms with van der Waals surface area (Å²) in [5.74, 6) is 0.842. The second kappa shape index (κ2) is 6.19. The van der Waals surface area contributed by atoms with Crippen LogP contribution in [-0.2, 0) is 0 Å².